The third-order valence-corrected chi connectivity index (χ3v) is 3.91. The molecule has 0 fully saturated rings. The smallest absolute Gasteiger partial charge is 0.132 e. The fourth-order valence-electron chi connectivity index (χ4n) is 2.67. The third-order valence-electron chi connectivity index (χ3n) is 3.91. The van der Waals surface area contributed by atoms with Crippen molar-refractivity contribution in [3.05, 3.63) is 77.1 Å². The van der Waals surface area contributed by atoms with Gasteiger partial charge in [0.25, 0.3) is 0 Å². The molecule has 4 nitrogen and oxygen atoms in total. The number of aliphatic hydroxyl groups is 1. The van der Waals surface area contributed by atoms with Crippen LogP contribution >= 0.6 is 0 Å². The van der Waals surface area contributed by atoms with Crippen LogP contribution in [-0.4, -0.2) is 15.6 Å². The molecule has 0 saturated carbocycles. The summed E-state index contributed by atoms with van der Waals surface area (Å²) < 4.78 is 28.7. The minimum absolute atomic E-state index is 0. The van der Waals surface area contributed by atoms with Crippen LogP contribution in [0.2, 0.25) is 0 Å². The number of rotatable bonds is 3. The molecule has 126 valence electrons. The minimum Gasteiger partial charge on any atom is -0.412 e. The second-order valence-corrected chi connectivity index (χ2v) is 5.53. The zero-order chi connectivity index (χ0) is 16.6. The summed E-state index contributed by atoms with van der Waals surface area (Å²) in [6, 6.07) is 8.73. The van der Waals surface area contributed by atoms with Gasteiger partial charge in [0, 0.05) is 23.8 Å². The van der Waals surface area contributed by atoms with Gasteiger partial charge in [-0.25, -0.2) is 8.78 Å². The molecular weight excluding hydrogens is 314 g/mol. The monoisotopic (exact) mass is 332 g/mol. The standard InChI is InChI=1S/C18H16F2N2O.H2O/c1-10(21)12-7-15(19)17(16(20)8-12)18(23)14-4-2-3-11-9-22-6-5-13(11)14;/h2-10,18,23H,21H2,1H3;1H2/t10-,18?;/m0./s1. The van der Waals surface area contributed by atoms with Crippen LogP contribution in [0.25, 0.3) is 10.8 Å². The molecule has 24 heavy (non-hydrogen) atoms. The first kappa shape index (κ1) is 17.9. The Hall–Kier alpha value is -2.41. The molecule has 0 spiro atoms. The van der Waals surface area contributed by atoms with E-state index in [0.29, 0.717) is 16.5 Å². The molecule has 0 aliphatic rings. The molecule has 1 aromatic heterocycles. The molecule has 0 saturated heterocycles. The summed E-state index contributed by atoms with van der Waals surface area (Å²) in [6.07, 6.45) is 1.80. The Morgan fingerprint density at radius 3 is 2.42 bits per heavy atom. The van der Waals surface area contributed by atoms with Crippen LogP contribution in [0.5, 0.6) is 0 Å². The minimum atomic E-state index is -1.41. The predicted octanol–water partition coefficient (Wildman–Crippen LogP) is 2.79. The first-order chi connectivity index (χ1) is 11.0. The van der Waals surface area contributed by atoms with Gasteiger partial charge in [0.15, 0.2) is 0 Å². The Bertz CT molecular complexity index is 840. The number of fused-ring (bicyclic) bond motifs is 1. The average Bonchev–Trinajstić information content (AvgIpc) is 2.53. The number of pyridine rings is 1. The third kappa shape index (κ3) is 3.12. The molecule has 6 heteroatoms. The van der Waals surface area contributed by atoms with E-state index in [1.807, 2.05) is 6.07 Å². The molecule has 1 heterocycles. The molecule has 3 rings (SSSR count). The molecular formula is C18H18F2N2O2. The molecule has 0 bridgehead atoms. The van der Waals surface area contributed by atoms with Crippen LogP contribution in [-0.2, 0) is 0 Å². The Kier molecular flexibility index (Phi) is 5.23. The van der Waals surface area contributed by atoms with Crippen LogP contribution < -0.4 is 5.73 Å². The van der Waals surface area contributed by atoms with E-state index in [1.165, 1.54) is 12.1 Å². The lowest BCUT2D eigenvalue weighted by Gasteiger charge is -2.17. The molecule has 0 aliphatic carbocycles. The van der Waals surface area contributed by atoms with E-state index in [-0.39, 0.29) is 11.0 Å². The lowest BCUT2D eigenvalue weighted by Crippen LogP contribution is -2.11. The number of benzene rings is 2. The summed E-state index contributed by atoms with van der Waals surface area (Å²) in [5.41, 5.74) is 6.06. The van der Waals surface area contributed by atoms with E-state index in [2.05, 4.69) is 4.98 Å². The second kappa shape index (κ2) is 7.00. The molecule has 0 aliphatic heterocycles. The highest BCUT2D eigenvalue weighted by Gasteiger charge is 2.22. The summed E-state index contributed by atoms with van der Waals surface area (Å²) in [6.45, 7) is 1.64. The fraction of sp³-hybridized carbons (Fsp3) is 0.167. The van der Waals surface area contributed by atoms with Crippen molar-refractivity contribution in [1.82, 2.24) is 4.98 Å². The van der Waals surface area contributed by atoms with Crippen molar-refractivity contribution in [2.45, 2.75) is 19.1 Å². The molecule has 1 unspecified atom stereocenters. The Morgan fingerprint density at radius 2 is 1.79 bits per heavy atom. The van der Waals surface area contributed by atoms with Crippen LogP contribution in [0, 0.1) is 11.6 Å². The fourth-order valence-corrected chi connectivity index (χ4v) is 2.67. The van der Waals surface area contributed by atoms with Gasteiger partial charge in [-0.1, -0.05) is 18.2 Å². The average molecular weight is 332 g/mol. The quantitative estimate of drug-likeness (QED) is 0.772. The maximum atomic E-state index is 14.3. The highest BCUT2D eigenvalue weighted by atomic mass is 19.1. The number of nitrogens with zero attached hydrogens (tertiary/aromatic N) is 1. The maximum absolute atomic E-state index is 14.3. The topological polar surface area (TPSA) is 90.6 Å². The van der Waals surface area contributed by atoms with E-state index in [1.54, 1.807) is 37.5 Å². The molecule has 0 radical (unpaired) electrons. The number of halogens is 2. The predicted molar refractivity (Wildman–Crippen MR) is 88.4 cm³/mol. The van der Waals surface area contributed by atoms with E-state index in [0.717, 1.165) is 5.39 Å². The lowest BCUT2D eigenvalue weighted by atomic mass is 9.94. The molecule has 3 aromatic rings. The zero-order valence-electron chi connectivity index (χ0n) is 13.0. The van der Waals surface area contributed by atoms with Crippen molar-refractivity contribution >= 4 is 10.8 Å². The SMILES string of the molecule is C[C@H](N)c1cc(F)c(C(O)c2cccc3cnccc23)c(F)c1.O. The van der Waals surface area contributed by atoms with Gasteiger partial charge in [-0.2, -0.15) is 0 Å². The Labute approximate surface area is 137 Å². The summed E-state index contributed by atoms with van der Waals surface area (Å²) in [5, 5.41) is 12.0. The highest BCUT2D eigenvalue weighted by molar-refractivity contribution is 5.85. The van der Waals surface area contributed by atoms with Crippen molar-refractivity contribution in [1.29, 1.82) is 0 Å². The first-order valence-corrected chi connectivity index (χ1v) is 7.24. The van der Waals surface area contributed by atoms with Crippen molar-refractivity contribution < 1.29 is 19.4 Å². The molecule has 2 atom stereocenters. The van der Waals surface area contributed by atoms with E-state index in [9.17, 15) is 13.9 Å². The largest absolute Gasteiger partial charge is 0.412 e. The number of hydrogen-bond acceptors (Lipinski definition) is 3. The second-order valence-electron chi connectivity index (χ2n) is 5.53. The summed E-state index contributed by atoms with van der Waals surface area (Å²) in [4.78, 5) is 4.01. The van der Waals surface area contributed by atoms with Crippen LogP contribution in [0.3, 0.4) is 0 Å². The summed E-state index contributed by atoms with van der Waals surface area (Å²) in [7, 11) is 0. The zero-order valence-corrected chi connectivity index (χ0v) is 13.0. The Morgan fingerprint density at radius 1 is 1.12 bits per heavy atom. The number of hydrogen-bond donors (Lipinski definition) is 2. The lowest BCUT2D eigenvalue weighted by molar-refractivity contribution is 0.210. The highest BCUT2D eigenvalue weighted by Crippen LogP contribution is 2.32. The van der Waals surface area contributed by atoms with Crippen LogP contribution in [0.1, 0.15) is 35.8 Å². The van der Waals surface area contributed by atoms with Crippen molar-refractivity contribution in [3.63, 3.8) is 0 Å². The molecule has 0 amide bonds. The first-order valence-electron chi connectivity index (χ1n) is 7.24. The van der Waals surface area contributed by atoms with Gasteiger partial charge < -0.3 is 16.3 Å². The van der Waals surface area contributed by atoms with E-state index < -0.39 is 23.8 Å². The van der Waals surface area contributed by atoms with Gasteiger partial charge in [-0.05, 0) is 41.6 Å². The maximum Gasteiger partial charge on any atom is 0.132 e. The number of nitrogens with two attached hydrogens (primary N) is 1. The van der Waals surface area contributed by atoms with Gasteiger partial charge in [-0.3, -0.25) is 4.98 Å². The number of aromatic nitrogens is 1. The van der Waals surface area contributed by atoms with Gasteiger partial charge >= 0.3 is 0 Å². The Balaban J connectivity index is 0.00000208. The van der Waals surface area contributed by atoms with Gasteiger partial charge in [-0.15, -0.1) is 0 Å². The van der Waals surface area contributed by atoms with Crippen LogP contribution in [0.4, 0.5) is 8.78 Å². The van der Waals surface area contributed by atoms with Gasteiger partial charge in [0.1, 0.15) is 17.7 Å². The summed E-state index contributed by atoms with van der Waals surface area (Å²) >= 11 is 0. The van der Waals surface area contributed by atoms with Gasteiger partial charge in [0.05, 0.1) is 5.56 Å². The van der Waals surface area contributed by atoms with Crippen LogP contribution in [0.15, 0.2) is 48.8 Å². The van der Waals surface area contributed by atoms with Crippen molar-refractivity contribution in [2.75, 3.05) is 0 Å². The molecule has 5 N–H and O–H groups in total. The van der Waals surface area contributed by atoms with Crippen molar-refractivity contribution in [2.24, 2.45) is 5.73 Å². The number of aliphatic hydroxyl groups excluding tert-OH is 1. The summed E-state index contributed by atoms with van der Waals surface area (Å²) in [5.74, 6) is -1.62. The van der Waals surface area contributed by atoms with E-state index in [4.69, 9.17) is 5.73 Å². The van der Waals surface area contributed by atoms with Crippen molar-refractivity contribution in [3.8, 4) is 0 Å². The normalized spacial score (nSPS) is 13.4. The van der Waals surface area contributed by atoms with Gasteiger partial charge in [0.2, 0.25) is 0 Å². The van der Waals surface area contributed by atoms with E-state index >= 15 is 0 Å². The molecule has 2 aromatic carbocycles.